The molecular formula is C22H18N4O2S2. The fraction of sp³-hybridized carbons (Fsp3) is 0.136. The molecule has 0 unspecified atom stereocenters. The molecule has 2 amide bonds. The zero-order valence-corrected chi connectivity index (χ0v) is 17.6. The van der Waals surface area contributed by atoms with Crippen LogP contribution in [0.25, 0.3) is 16.2 Å². The molecule has 0 saturated carbocycles. The molecule has 5 rings (SSSR count). The van der Waals surface area contributed by atoms with Crippen molar-refractivity contribution >= 4 is 51.4 Å². The van der Waals surface area contributed by atoms with Crippen LogP contribution in [-0.2, 0) is 9.59 Å². The van der Waals surface area contributed by atoms with Gasteiger partial charge in [0.05, 0.1) is 11.4 Å². The number of nitrogens with zero attached hydrogens (tertiary/aromatic N) is 3. The van der Waals surface area contributed by atoms with Crippen molar-refractivity contribution in [2.75, 3.05) is 22.5 Å². The Hall–Kier alpha value is -3.10. The SMILES string of the molecule is O=C(CCN1C(=O)CSc2ccccc21)Nc1c(-c2ccccc2)nc2sccn12. The Morgan fingerprint density at radius 1 is 1.10 bits per heavy atom. The molecule has 1 aliphatic rings. The first-order chi connectivity index (χ1) is 14.7. The first kappa shape index (κ1) is 18.9. The average Bonchev–Trinajstić information content (AvgIpc) is 3.36. The monoisotopic (exact) mass is 434 g/mol. The molecular weight excluding hydrogens is 416 g/mol. The standard InChI is InChI=1S/C22H18N4O2S2/c27-18(10-11-25-16-8-4-5-9-17(16)30-14-19(25)28)23-21-20(15-6-2-1-3-7-15)24-22-26(21)12-13-29-22/h1-9,12-13H,10-11,14H2,(H,23,27). The number of aromatic nitrogens is 2. The van der Waals surface area contributed by atoms with Crippen molar-refractivity contribution in [2.45, 2.75) is 11.3 Å². The van der Waals surface area contributed by atoms with Crippen molar-refractivity contribution < 1.29 is 9.59 Å². The zero-order valence-electron chi connectivity index (χ0n) is 15.9. The van der Waals surface area contributed by atoms with Crippen LogP contribution in [0.2, 0.25) is 0 Å². The third-order valence-corrected chi connectivity index (χ3v) is 6.74. The smallest absolute Gasteiger partial charge is 0.237 e. The lowest BCUT2D eigenvalue weighted by atomic mass is 10.1. The minimum atomic E-state index is -0.149. The van der Waals surface area contributed by atoms with Crippen LogP contribution in [0.3, 0.4) is 0 Å². The molecule has 0 saturated heterocycles. The summed E-state index contributed by atoms with van der Waals surface area (Å²) in [5.74, 6) is 0.933. The Morgan fingerprint density at radius 3 is 2.77 bits per heavy atom. The first-order valence-electron chi connectivity index (χ1n) is 9.54. The number of imidazole rings is 1. The number of thioether (sulfide) groups is 1. The van der Waals surface area contributed by atoms with E-state index in [-0.39, 0.29) is 18.2 Å². The Morgan fingerprint density at radius 2 is 1.90 bits per heavy atom. The summed E-state index contributed by atoms with van der Waals surface area (Å²) in [6.45, 7) is 0.342. The number of para-hydroxylation sites is 1. The van der Waals surface area contributed by atoms with E-state index in [0.717, 1.165) is 26.8 Å². The second-order valence-electron chi connectivity index (χ2n) is 6.83. The van der Waals surface area contributed by atoms with Gasteiger partial charge >= 0.3 is 0 Å². The second-order valence-corrected chi connectivity index (χ2v) is 8.72. The Balaban J connectivity index is 1.36. The van der Waals surface area contributed by atoms with Gasteiger partial charge in [0.1, 0.15) is 11.5 Å². The predicted octanol–water partition coefficient (Wildman–Crippen LogP) is 4.53. The molecule has 6 nitrogen and oxygen atoms in total. The second kappa shape index (κ2) is 7.97. The van der Waals surface area contributed by atoms with Gasteiger partial charge in [-0.1, -0.05) is 42.5 Å². The van der Waals surface area contributed by atoms with Gasteiger partial charge in [-0.2, -0.15) is 0 Å². The highest BCUT2D eigenvalue weighted by Crippen LogP contribution is 2.35. The van der Waals surface area contributed by atoms with Crippen molar-refractivity contribution in [3.8, 4) is 11.3 Å². The van der Waals surface area contributed by atoms with E-state index < -0.39 is 0 Å². The molecule has 150 valence electrons. The molecule has 0 aliphatic carbocycles. The molecule has 1 N–H and O–H groups in total. The van der Waals surface area contributed by atoms with Crippen LogP contribution in [0.1, 0.15) is 6.42 Å². The van der Waals surface area contributed by atoms with Crippen LogP contribution in [-0.4, -0.2) is 33.5 Å². The minimum Gasteiger partial charge on any atom is -0.310 e. The number of benzene rings is 2. The minimum absolute atomic E-state index is 0.0288. The maximum absolute atomic E-state index is 12.8. The number of fused-ring (bicyclic) bond motifs is 2. The normalized spacial score (nSPS) is 13.5. The fourth-order valence-corrected chi connectivity index (χ4v) is 5.16. The van der Waals surface area contributed by atoms with E-state index in [1.54, 1.807) is 4.90 Å². The number of thiazole rings is 1. The number of hydrogen-bond donors (Lipinski definition) is 1. The number of anilines is 2. The summed E-state index contributed by atoms with van der Waals surface area (Å²) < 4.78 is 1.89. The predicted molar refractivity (Wildman–Crippen MR) is 121 cm³/mol. The number of rotatable bonds is 5. The summed E-state index contributed by atoms with van der Waals surface area (Å²) in [5.41, 5.74) is 2.56. The Kier molecular flexibility index (Phi) is 5.02. The lowest BCUT2D eigenvalue weighted by molar-refractivity contribution is -0.117. The summed E-state index contributed by atoms with van der Waals surface area (Å²) >= 11 is 3.06. The van der Waals surface area contributed by atoms with Crippen molar-refractivity contribution in [1.29, 1.82) is 0 Å². The lowest BCUT2D eigenvalue weighted by Gasteiger charge is -2.28. The molecule has 0 atom stereocenters. The van der Waals surface area contributed by atoms with E-state index >= 15 is 0 Å². The largest absolute Gasteiger partial charge is 0.310 e. The quantitative estimate of drug-likeness (QED) is 0.501. The van der Waals surface area contributed by atoms with Gasteiger partial charge in [0, 0.05) is 35.0 Å². The third kappa shape index (κ3) is 3.48. The number of carbonyl (C=O) groups is 2. The molecule has 8 heteroatoms. The Labute approximate surface area is 181 Å². The average molecular weight is 435 g/mol. The summed E-state index contributed by atoms with van der Waals surface area (Å²) in [4.78, 5) is 33.5. The molecule has 0 radical (unpaired) electrons. The Bertz CT molecular complexity index is 1230. The highest BCUT2D eigenvalue weighted by atomic mass is 32.2. The van der Waals surface area contributed by atoms with E-state index in [0.29, 0.717) is 18.1 Å². The molecule has 3 heterocycles. The van der Waals surface area contributed by atoms with Gasteiger partial charge in [0.2, 0.25) is 11.8 Å². The third-order valence-electron chi connectivity index (χ3n) is 4.94. The maximum Gasteiger partial charge on any atom is 0.237 e. The number of amides is 2. The topological polar surface area (TPSA) is 66.7 Å². The van der Waals surface area contributed by atoms with Crippen molar-refractivity contribution in [1.82, 2.24) is 9.38 Å². The highest BCUT2D eigenvalue weighted by molar-refractivity contribution is 8.00. The van der Waals surface area contributed by atoms with Crippen molar-refractivity contribution in [3.63, 3.8) is 0 Å². The van der Waals surface area contributed by atoms with Crippen molar-refractivity contribution in [3.05, 3.63) is 66.2 Å². The van der Waals surface area contributed by atoms with Crippen LogP contribution in [0, 0.1) is 0 Å². The molecule has 4 aromatic rings. The van der Waals surface area contributed by atoms with Gasteiger partial charge in [0.25, 0.3) is 0 Å². The molecule has 2 aromatic heterocycles. The molecule has 0 bridgehead atoms. The summed E-state index contributed by atoms with van der Waals surface area (Å²) in [6.07, 6.45) is 2.10. The lowest BCUT2D eigenvalue weighted by Crippen LogP contribution is -2.37. The van der Waals surface area contributed by atoms with Gasteiger partial charge in [-0.05, 0) is 12.1 Å². The maximum atomic E-state index is 12.8. The summed E-state index contributed by atoms with van der Waals surface area (Å²) in [7, 11) is 0. The van der Waals surface area contributed by atoms with Crippen molar-refractivity contribution in [2.24, 2.45) is 0 Å². The van der Waals surface area contributed by atoms with Gasteiger partial charge < -0.3 is 10.2 Å². The molecule has 2 aromatic carbocycles. The molecule has 30 heavy (non-hydrogen) atoms. The van der Waals surface area contributed by atoms with Crippen LogP contribution in [0.5, 0.6) is 0 Å². The van der Waals surface area contributed by atoms with Gasteiger partial charge in [0.15, 0.2) is 4.96 Å². The van der Waals surface area contributed by atoms with Crippen LogP contribution >= 0.6 is 23.1 Å². The molecule has 0 fully saturated rings. The zero-order chi connectivity index (χ0) is 20.5. The van der Waals surface area contributed by atoms with E-state index in [1.807, 2.05) is 70.6 Å². The number of nitrogens with one attached hydrogen (secondary N) is 1. The highest BCUT2D eigenvalue weighted by Gasteiger charge is 2.25. The number of carbonyl (C=O) groups excluding carboxylic acids is 2. The van der Waals surface area contributed by atoms with E-state index in [9.17, 15) is 9.59 Å². The fourth-order valence-electron chi connectivity index (χ4n) is 3.51. The van der Waals surface area contributed by atoms with Gasteiger partial charge in [-0.25, -0.2) is 4.98 Å². The van der Waals surface area contributed by atoms with Crippen LogP contribution in [0.15, 0.2) is 71.1 Å². The molecule has 1 aliphatic heterocycles. The first-order valence-corrected chi connectivity index (χ1v) is 11.4. The van der Waals surface area contributed by atoms with Crippen LogP contribution in [0.4, 0.5) is 11.5 Å². The van der Waals surface area contributed by atoms with Gasteiger partial charge in [-0.3, -0.25) is 14.0 Å². The summed E-state index contributed by atoms with van der Waals surface area (Å²) in [5, 5.41) is 4.96. The van der Waals surface area contributed by atoms with E-state index in [4.69, 9.17) is 0 Å². The van der Waals surface area contributed by atoms with Crippen LogP contribution < -0.4 is 10.2 Å². The number of hydrogen-bond acceptors (Lipinski definition) is 5. The summed E-state index contributed by atoms with van der Waals surface area (Å²) in [6, 6.07) is 17.6. The molecule has 0 spiro atoms. The van der Waals surface area contributed by atoms with E-state index in [2.05, 4.69) is 10.3 Å². The van der Waals surface area contributed by atoms with E-state index in [1.165, 1.54) is 23.1 Å². The van der Waals surface area contributed by atoms with Gasteiger partial charge in [-0.15, -0.1) is 23.1 Å².